The fourth-order valence-corrected chi connectivity index (χ4v) is 3.33. The molecule has 0 bridgehead atoms. The number of Topliss-reactive ketones (excluding diaryl/α,β-unsaturated/α-hetero) is 1. The van der Waals surface area contributed by atoms with Gasteiger partial charge in [-0.25, -0.2) is 4.79 Å². The number of rotatable bonds is 20. The molecule has 0 saturated heterocycles. The van der Waals surface area contributed by atoms with E-state index in [0.717, 1.165) is 5.56 Å². The lowest BCUT2D eigenvalue weighted by Crippen LogP contribution is -2.45. The third-order valence-electron chi connectivity index (χ3n) is 5.64. The van der Waals surface area contributed by atoms with Crippen LogP contribution in [0.25, 0.3) is 10.4 Å². The van der Waals surface area contributed by atoms with Crippen LogP contribution in [0.3, 0.4) is 0 Å². The van der Waals surface area contributed by atoms with Crippen LogP contribution in [0.2, 0.25) is 0 Å². The number of ketones is 1. The molecule has 0 aliphatic heterocycles. The minimum Gasteiger partial charge on any atom is -0.445 e. The molecule has 40 heavy (non-hydrogen) atoms. The highest BCUT2D eigenvalue weighted by molar-refractivity contribution is 5.97. The summed E-state index contributed by atoms with van der Waals surface area (Å²) in [5, 5.41) is 11.3. The number of azide groups is 1. The van der Waals surface area contributed by atoms with Gasteiger partial charge in [-0.15, -0.1) is 0 Å². The first-order valence-electron chi connectivity index (χ1n) is 13.2. The van der Waals surface area contributed by atoms with Gasteiger partial charge < -0.3 is 35.9 Å². The summed E-state index contributed by atoms with van der Waals surface area (Å²) >= 11 is 0. The fraction of sp³-hybridized carbons (Fsp3) is 0.615. The van der Waals surface area contributed by atoms with Crippen LogP contribution in [-0.2, 0) is 35.2 Å². The molecule has 14 nitrogen and oxygen atoms in total. The summed E-state index contributed by atoms with van der Waals surface area (Å²) in [6.45, 7) is 7.33. The molecule has 1 aromatic carbocycles. The zero-order valence-corrected chi connectivity index (χ0v) is 23.4. The van der Waals surface area contributed by atoms with E-state index in [1.165, 1.54) is 0 Å². The topological polar surface area (TPSA) is 207 Å². The molecule has 5 N–H and O–H groups in total. The Balaban J connectivity index is 2.43. The second-order valence-corrected chi connectivity index (χ2v) is 9.23. The first kappa shape index (κ1) is 34.3. The van der Waals surface area contributed by atoms with E-state index >= 15 is 0 Å². The predicted octanol–water partition coefficient (Wildman–Crippen LogP) is 2.28. The SMILES string of the molecule is CC(C)[C@H](CC(=O)CCOCCOCCN=[N+]=[N-])C(=O)N[C@@H](C)C(=O)Nc1ccc(COC(=O)NCCN)cc1. The van der Waals surface area contributed by atoms with Gasteiger partial charge in [0.15, 0.2) is 0 Å². The second-order valence-electron chi connectivity index (χ2n) is 9.23. The van der Waals surface area contributed by atoms with E-state index in [9.17, 15) is 19.2 Å². The molecule has 0 saturated carbocycles. The first-order valence-corrected chi connectivity index (χ1v) is 13.2. The average molecular weight is 564 g/mol. The van der Waals surface area contributed by atoms with Crippen molar-refractivity contribution in [2.24, 2.45) is 22.7 Å². The second kappa shape index (κ2) is 20.2. The maximum Gasteiger partial charge on any atom is 0.407 e. The van der Waals surface area contributed by atoms with Crippen LogP contribution in [0.1, 0.15) is 39.2 Å². The Labute approximate surface area is 234 Å². The molecule has 0 unspecified atom stereocenters. The number of benzene rings is 1. The van der Waals surface area contributed by atoms with E-state index in [0.29, 0.717) is 38.6 Å². The number of alkyl carbamates (subject to hydrolysis) is 1. The van der Waals surface area contributed by atoms with Gasteiger partial charge in [-0.1, -0.05) is 31.1 Å². The van der Waals surface area contributed by atoms with E-state index in [1.54, 1.807) is 31.2 Å². The van der Waals surface area contributed by atoms with Crippen molar-refractivity contribution in [1.29, 1.82) is 0 Å². The molecular formula is C26H41N7O7. The highest BCUT2D eigenvalue weighted by Crippen LogP contribution is 2.18. The number of hydrogen-bond acceptors (Lipinski definition) is 9. The van der Waals surface area contributed by atoms with Gasteiger partial charge in [-0.2, -0.15) is 0 Å². The Bertz CT molecular complexity index is 982. The highest BCUT2D eigenvalue weighted by atomic mass is 16.5. The maximum absolute atomic E-state index is 12.9. The molecule has 0 aliphatic rings. The quantitative estimate of drug-likeness (QED) is 0.0799. The largest absolute Gasteiger partial charge is 0.445 e. The van der Waals surface area contributed by atoms with Gasteiger partial charge in [-0.05, 0) is 36.1 Å². The summed E-state index contributed by atoms with van der Waals surface area (Å²) in [5.41, 5.74) is 14.7. The molecule has 1 aromatic rings. The Hall–Kier alpha value is -3.71. The number of nitrogens with zero attached hydrogens (tertiary/aromatic N) is 3. The minimum absolute atomic E-state index is 0.0393. The third kappa shape index (κ3) is 15.0. The van der Waals surface area contributed by atoms with Gasteiger partial charge >= 0.3 is 6.09 Å². The van der Waals surface area contributed by atoms with Crippen LogP contribution in [0.15, 0.2) is 29.4 Å². The summed E-state index contributed by atoms with van der Waals surface area (Å²) in [6, 6.07) is 5.91. The molecule has 1 rings (SSSR count). The Morgan fingerprint density at radius 3 is 2.30 bits per heavy atom. The van der Waals surface area contributed by atoms with Crippen LogP contribution in [0.5, 0.6) is 0 Å². The number of carbonyl (C=O) groups is 4. The zero-order valence-electron chi connectivity index (χ0n) is 23.4. The first-order chi connectivity index (χ1) is 19.2. The lowest BCUT2D eigenvalue weighted by molar-refractivity contribution is -0.133. The van der Waals surface area contributed by atoms with Gasteiger partial charge in [0.05, 0.1) is 26.4 Å². The normalized spacial score (nSPS) is 12.1. The Morgan fingerprint density at radius 1 is 1.00 bits per heavy atom. The van der Waals surface area contributed by atoms with Gasteiger partial charge in [0, 0.05) is 49.0 Å². The number of anilines is 1. The lowest BCUT2D eigenvalue weighted by atomic mass is 9.89. The van der Waals surface area contributed by atoms with Gasteiger partial charge in [-0.3, -0.25) is 14.4 Å². The van der Waals surface area contributed by atoms with Crippen LogP contribution in [-0.4, -0.2) is 75.8 Å². The van der Waals surface area contributed by atoms with Crippen molar-refractivity contribution in [1.82, 2.24) is 10.6 Å². The van der Waals surface area contributed by atoms with Crippen molar-refractivity contribution in [2.75, 3.05) is 51.4 Å². The highest BCUT2D eigenvalue weighted by Gasteiger charge is 2.27. The molecule has 0 fully saturated rings. The fourth-order valence-electron chi connectivity index (χ4n) is 3.33. The molecule has 0 heterocycles. The van der Waals surface area contributed by atoms with Crippen LogP contribution >= 0.6 is 0 Å². The predicted molar refractivity (Wildman–Crippen MR) is 148 cm³/mol. The summed E-state index contributed by atoms with van der Waals surface area (Å²) < 4.78 is 15.7. The number of carbonyl (C=O) groups excluding carboxylic acids is 4. The molecule has 222 valence electrons. The van der Waals surface area contributed by atoms with Gasteiger partial charge in [0.2, 0.25) is 11.8 Å². The van der Waals surface area contributed by atoms with Crippen molar-refractivity contribution in [2.45, 2.75) is 46.3 Å². The number of amides is 3. The summed E-state index contributed by atoms with van der Waals surface area (Å²) in [5.74, 6) is -1.61. The standard InChI is InChI=1S/C26H41N7O7/c1-18(2)23(16-22(34)8-12-38-14-15-39-13-11-30-33-28)25(36)31-19(3)24(35)32-21-6-4-20(5-7-21)17-40-26(37)29-10-9-27/h4-7,18-19,23H,8-17,27H2,1-3H3,(H,29,37)(H,31,36)(H,32,35)/t19-,23-/m0/s1. The molecule has 0 radical (unpaired) electrons. The lowest BCUT2D eigenvalue weighted by Gasteiger charge is -2.22. The maximum atomic E-state index is 12.9. The summed E-state index contributed by atoms with van der Waals surface area (Å²) in [4.78, 5) is 52.1. The molecule has 2 atom stereocenters. The van der Waals surface area contributed by atoms with E-state index in [-0.39, 0.29) is 50.2 Å². The van der Waals surface area contributed by atoms with E-state index in [2.05, 4.69) is 26.0 Å². The van der Waals surface area contributed by atoms with Crippen LogP contribution in [0, 0.1) is 11.8 Å². The monoisotopic (exact) mass is 563 g/mol. The van der Waals surface area contributed by atoms with Crippen molar-refractivity contribution >= 4 is 29.4 Å². The van der Waals surface area contributed by atoms with Crippen LogP contribution in [0.4, 0.5) is 10.5 Å². The number of nitrogens with two attached hydrogens (primary N) is 1. The Kier molecular flexibility index (Phi) is 17.4. The van der Waals surface area contributed by atoms with E-state index in [1.807, 2.05) is 13.8 Å². The minimum atomic E-state index is -0.833. The van der Waals surface area contributed by atoms with Crippen molar-refractivity contribution in [3.63, 3.8) is 0 Å². The van der Waals surface area contributed by atoms with E-state index in [4.69, 9.17) is 25.5 Å². The van der Waals surface area contributed by atoms with E-state index < -0.39 is 24.0 Å². The molecule has 0 aliphatic carbocycles. The zero-order chi connectivity index (χ0) is 29.8. The third-order valence-corrected chi connectivity index (χ3v) is 5.64. The van der Waals surface area contributed by atoms with Gasteiger partial charge in [0.1, 0.15) is 18.4 Å². The molecule has 14 heteroatoms. The summed E-state index contributed by atoms with van der Waals surface area (Å²) in [6.07, 6.45) is -0.369. The Morgan fingerprint density at radius 2 is 1.68 bits per heavy atom. The summed E-state index contributed by atoms with van der Waals surface area (Å²) in [7, 11) is 0. The molecule has 0 spiro atoms. The van der Waals surface area contributed by atoms with Gasteiger partial charge in [0.25, 0.3) is 0 Å². The van der Waals surface area contributed by atoms with Crippen molar-refractivity contribution < 1.29 is 33.4 Å². The molecule has 0 aromatic heterocycles. The average Bonchev–Trinajstić information content (AvgIpc) is 2.93. The van der Waals surface area contributed by atoms with Crippen molar-refractivity contribution in [3.8, 4) is 0 Å². The van der Waals surface area contributed by atoms with Crippen molar-refractivity contribution in [3.05, 3.63) is 40.3 Å². The molecule has 3 amide bonds. The number of hydrogen-bond donors (Lipinski definition) is 4. The smallest absolute Gasteiger partial charge is 0.407 e. The number of nitrogens with one attached hydrogen (secondary N) is 3. The molecular weight excluding hydrogens is 522 g/mol. The number of ether oxygens (including phenoxy) is 3. The van der Waals surface area contributed by atoms with Crippen LogP contribution < -0.4 is 21.7 Å².